The molecule has 0 radical (unpaired) electrons. The first-order valence-electron chi connectivity index (χ1n) is 5.46. The Kier molecular flexibility index (Phi) is 4.51. The summed E-state index contributed by atoms with van der Waals surface area (Å²) >= 11 is 3.37. The van der Waals surface area contributed by atoms with Gasteiger partial charge >= 0.3 is 0 Å². The third kappa shape index (κ3) is 3.56. The number of likely N-dealkylation sites (N-methyl/N-ethyl adjacent to an activating group) is 1. The van der Waals surface area contributed by atoms with E-state index in [9.17, 15) is 4.39 Å². The first-order chi connectivity index (χ1) is 7.34. The summed E-state index contributed by atoms with van der Waals surface area (Å²) in [4.78, 5) is 0. The first kappa shape index (κ1) is 13.7. The molecule has 1 atom stereocenters. The van der Waals surface area contributed by atoms with E-state index in [4.69, 9.17) is 0 Å². The molecule has 3 heteroatoms. The predicted octanol–water partition coefficient (Wildman–Crippen LogP) is 3.76. The third-order valence-electron chi connectivity index (χ3n) is 2.83. The number of hydrogen-bond acceptors (Lipinski definition) is 1. The maximum absolute atomic E-state index is 13.6. The van der Waals surface area contributed by atoms with Crippen molar-refractivity contribution in [3.63, 3.8) is 0 Å². The highest BCUT2D eigenvalue weighted by Gasteiger charge is 2.24. The van der Waals surface area contributed by atoms with E-state index in [0.29, 0.717) is 6.42 Å². The predicted molar refractivity (Wildman–Crippen MR) is 70.1 cm³/mol. The maximum atomic E-state index is 13.6. The minimum Gasteiger partial charge on any atom is -0.316 e. The number of halogens is 2. The molecule has 0 saturated heterocycles. The van der Waals surface area contributed by atoms with Crippen LogP contribution >= 0.6 is 15.9 Å². The van der Waals surface area contributed by atoms with Gasteiger partial charge in [-0.05, 0) is 42.6 Å². The van der Waals surface area contributed by atoms with E-state index >= 15 is 0 Å². The largest absolute Gasteiger partial charge is 0.316 e. The summed E-state index contributed by atoms with van der Waals surface area (Å²) in [5, 5.41) is 3.26. The number of hydrogen-bond donors (Lipinski definition) is 1. The highest BCUT2D eigenvalue weighted by atomic mass is 79.9. The van der Waals surface area contributed by atoms with Crippen molar-refractivity contribution in [1.82, 2.24) is 5.32 Å². The minimum atomic E-state index is -0.132. The molecule has 0 aliphatic heterocycles. The Morgan fingerprint density at radius 1 is 1.38 bits per heavy atom. The summed E-state index contributed by atoms with van der Waals surface area (Å²) < 4.78 is 14.5. The van der Waals surface area contributed by atoms with Gasteiger partial charge in [-0.2, -0.15) is 0 Å². The van der Waals surface area contributed by atoms with Crippen LogP contribution in [-0.2, 0) is 6.42 Å². The Hall–Kier alpha value is -0.410. The highest BCUT2D eigenvalue weighted by molar-refractivity contribution is 9.10. The SMILES string of the molecule is CNC(Cc1cc(Br)ccc1F)C(C)(C)C. The highest BCUT2D eigenvalue weighted by Crippen LogP contribution is 2.24. The van der Waals surface area contributed by atoms with Crippen molar-refractivity contribution in [2.75, 3.05) is 7.05 Å². The van der Waals surface area contributed by atoms with Gasteiger partial charge in [-0.1, -0.05) is 36.7 Å². The Morgan fingerprint density at radius 2 is 2.00 bits per heavy atom. The lowest BCUT2D eigenvalue weighted by atomic mass is 9.83. The van der Waals surface area contributed by atoms with E-state index in [2.05, 4.69) is 42.0 Å². The second-order valence-corrected chi connectivity index (χ2v) is 6.06. The average Bonchev–Trinajstić information content (AvgIpc) is 2.17. The maximum Gasteiger partial charge on any atom is 0.126 e. The van der Waals surface area contributed by atoms with Gasteiger partial charge in [-0.25, -0.2) is 4.39 Å². The van der Waals surface area contributed by atoms with Crippen LogP contribution in [0.1, 0.15) is 26.3 Å². The van der Waals surface area contributed by atoms with Crippen LogP contribution in [0.4, 0.5) is 4.39 Å². The lowest BCUT2D eigenvalue weighted by molar-refractivity contribution is 0.278. The average molecular weight is 288 g/mol. The normalized spacial score (nSPS) is 13.9. The number of benzene rings is 1. The van der Waals surface area contributed by atoms with Gasteiger partial charge in [0, 0.05) is 10.5 Å². The molecule has 0 heterocycles. The quantitative estimate of drug-likeness (QED) is 0.893. The summed E-state index contributed by atoms with van der Waals surface area (Å²) in [6.45, 7) is 6.47. The molecule has 1 N–H and O–H groups in total. The molecule has 0 aromatic heterocycles. The Balaban J connectivity index is 2.90. The van der Waals surface area contributed by atoms with Gasteiger partial charge in [0.25, 0.3) is 0 Å². The molecule has 0 bridgehead atoms. The fraction of sp³-hybridized carbons (Fsp3) is 0.538. The third-order valence-corrected chi connectivity index (χ3v) is 3.32. The van der Waals surface area contributed by atoms with Crippen molar-refractivity contribution in [3.8, 4) is 0 Å². The van der Waals surface area contributed by atoms with Crippen LogP contribution in [-0.4, -0.2) is 13.1 Å². The molecule has 16 heavy (non-hydrogen) atoms. The number of nitrogens with one attached hydrogen (secondary N) is 1. The topological polar surface area (TPSA) is 12.0 Å². The van der Waals surface area contributed by atoms with E-state index in [-0.39, 0.29) is 17.3 Å². The van der Waals surface area contributed by atoms with Gasteiger partial charge in [0.1, 0.15) is 5.82 Å². The summed E-state index contributed by atoms with van der Waals surface area (Å²) in [6.07, 6.45) is 0.700. The summed E-state index contributed by atoms with van der Waals surface area (Å²) in [6, 6.07) is 5.35. The van der Waals surface area contributed by atoms with Crippen LogP contribution in [0.15, 0.2) is 22.7 Å². The fourth-order valence-electron chi connectivity index (χ4n) is 1.76. The van der Waals surface area contributed by atoms with Crippen LogP contribution in [0.2, 0.25) is 0 Å². The molecule has 0 fully saturated rings. The van der Waals surface area contributed by atoms with Crippen molar-refractivity contribution in [1.29, 1.82) is 0 Å². The van der Waals surface area contributed by atoms with Crippen LogP contribution in [0.5, 0.6) is 0 Å². The second-order valence-electron chi connectivity index (χ2n) is 5.15. The standard InChI is InChI=1S/C13H19BrFN/c1-13(2,3)12(16-4)8-9-7-10(14)5-6-11(9)15/h5-7,12,16H,8H2,1-4H3. The molecule has 1 aromatic rings. The Bertz CT molecular complexity index is 357. The number of rotatable bonds is 3. The van der Waals surface area contributed by atoms with E-state index in [1.54, 1.807) is 6.07 Å². The summed E-state index contributed by atoms with van der Waals surface area (Å²) in [5.41, 5.74) is 0.868. The van der Waals surface area contributed by atoms with Gasteiger partial charge in [0.15, 0.2) is 0 Å². The monoisotopic (exact) mass is 287 g/mol. The van der Waals surface area contributed by atoms with Gasteiger partial charge in [-0.3, -0.25) is 0 Å². The zero-order chi connectivity index (χ0) is 12.3. The molecule has 1 nitrogen and oxygen atoms in total. The van der Waals surface area contributed by atoms with Crippen molar-refractivity contribution in [2.45, 2.75) is 33.2 Å². The molecule has 1 aromatic carbocycles. The van der Waals surface area contributed by atoms with Crippen LogP contribution in [0.3, 0.4) is 0 Å². The van der Waals surface area contributed by atoms with Crippen molar-refractivity contribution in [3.05, 3.63) is 34.1 Å². The lowest BCUT2D eigenvalue weighted by Gasteiger charge is -2.30. The van der Waals surface area contributed by atoms with Crippen LogP contribution in [0, 0.1) is 11.2 Å². The molecule has 90 valence electrons. The minimum absolute atomic E-state index is 0.115. The molecule has 0 aliphatic rings. The van der Waals surface area contributed by atoms with Gasteiger partial charge < -0.3 is 5.32 Å². The first-order valence-corrected chi connectivity index (χ1v) is 6.25. The zero-order valence-corrected chi connectivity index (χ0v) is 11.9. The molecule has 1 unspecified atom stereocenters. The Morgan fingerprint density at radius 3 is 2.50 bits per heavy atom. The van der Waals surface area contributed by atoms with Crippen molar-refractivity contribution in [2.24, 2.45) is 5.41 Å². The molecular formula is C13H19BrFN. The molecule has 0 spiro atoms. The lowest BCUT2D eigenvalue weighted by Crippen LogP contribution is -2.39. The molecule has 0 amide bonds. The Labute approximate surface area is 106 Å². The molecule has 0 aliphatic carbocycles. The zero-order valence-electron chi connectivity index (χ0n) is 10.3. The van der Waals surface area contributed by atoms with Crippen molar-refractivity contribution >= 4 is 15.9 Å². The summed E-state index contributed by atoms with van der Waals surface area (Å²) in [7, 11) is 1.92. The molecule has 1 rings (SSSR count). The van der Waals surface area contributed by atoms with Gasteiger partial charge in [0.05, 0.1) is 0 Å². The van der Waals surface area contributed by atoms with Crippen LogP contribution in [0.25, 0.3) is 0 Å². The molecule has 0 saturated carbocycles. The molecular weight excluding hydrogens is 269 g/mol. The van der Waals surface area contributed by atoms with E-state index in [1.165, 1.54) is 6.07 Å². The fourth-order valence-corrected chi connectivity index (χ4v) is 2.17. The van der Waals surface area contributed by atoms with E-state index in [1.807, 2.05) is 13.1 Å². The van der Waals surface area contributed by atoms with E-state index in [0.717, 1.165) is 10.0 Å². The van der Waals surface area contributed by atoms with Gasteiger partial charge in [0.2, 0.25) is 0 Å². The van der Waals surface area contributed by atoms with Gasteiger partial charge in [-0.15, -0.1) is 0 Å². The van der Waals surface area contributed by atoms with Crippen molar-refractivity contribution < 1.29 is 4.39 Å². The van der Waals surface area contributed by atoms with Crippen LogP contribution < -0.4 is 5.32 Å². The van der Waals surface area contributed by atoms with E-state index < -0.39 is 0 Å². The second kappa shape index (κ2) is 5.28. The smallest absolute Gasteiger partial charge is 0.126 e. The summed E-state index contributed by atoms with van der Waals surface area (Å²) in [5.74, 6) is -0.132.